The first-order chi connectivity index (χ1) is 23.3. The van der Waals surface area contributed by atoms with E-state index in [0.717, 1.165) is 76.1 Å². The number of esters is 2. The first kappa shape index (κ1) is 37.8. The van der Waals surface area contributed by atoms with Crippen LogP contribution in [-0.2, 0) is 30.3 Å². The molecule has 11 heteroatoms. The smallest absolute Gasteiger partial charge is 0.348 e. The van der Waals surface area contributed by atoms with Gasteiger partial charge in [0.15, 0.2) is 0 Å². The second-order valence-corrected chi connectivity index (χ2v) is 13.4. The molecule has 0 bridgehead atoms. The standard InChI is InChI=1S/C37H51Cl2N3O6/c1-3-5-6-7-8-9-10-16-33(43)48-35(37(45)46-4-2)29-25-27-17-18-28(26-31(27)40-36(29)44)47-24-12-11-19-41-20-22-42(23-21-41)32-15-13-14-30(38)34(32)39/h13-15,17-18,26,29,35H,3-12,16,19-25H2,1-2H3,(H,40,44). The quantitative estimate of drug-likeness (QED) is 0.117. The predicted molar refractivity (Wildman–Crippen MR) is 191 cm³/mol. The second-order valence-electron chi connectivity index (χ2n) is 12.6. The molecule has 2 aromatic carbocycles. The molecule has 2 aromatic rings. The van der Waals surface area contributed by atoms with E-state index in [-0.39, 0.29) is 25.4 Å². The van der Waals surface area contributed by atoms with Gasteiger partial charge in [-0.25, -0.2) is 4.79 Å². The summed E-state index contributed by atoms with van der Waals surface area (Å²) in [4.78, 5) is 43.4. The highest BCUT2D eigenvalue weighted by molar-refractivity contribution is 6.43. The predicted octanol–water partition coefficient (Wildman–Crippen LogP) is 7.70. The van der Waals surface area contributed by atoms with Crippen LogP contribution in [0.3, 0.4) is 0 Å². The van der Waals surface area contributed by atoms with Crippen molar-refractivity contribution < 1.29 is 28.6 Å². The van der Waals surface area contributed by atoms with Gasteiger partial charge in [-0.05, 0) is 62.9 Å². The van der Waals surface area contributed by atoms with Crippen LogP contribution < -0.4 is 15.0 Å². The van der Waals surface area contributed by atoms with Gasteiger partial charge in [0.25, 0.3) is 0 Å². The van der Waals surface area contributed by atoms with Gasteiger partial charge in [-0.2, -0.15) is 0 Å². The van der Waals surface area contributed by atoms with Gasteiger partial charge in [-0.3, -0.25) is 14.5 Å². The maximum Gasteiger partial charge on any atom is 0.348 e. The van der Waals surface area contributed by atoms with Crippen molar-refractivity contribution in [3.63, 3.8) is 0 Å². The van der Waals surface area contributed by atoms with Crippen molar-refractivity contribution in [3.05, 3.63) is 52.0 Å². The number of amides is 1. The van der Waals surface area contributed by atoms with Gasteiger partial charge in [-0.1, -0.05) is 80.8 Å². The van der Waals surface area contributed by atoms with E-state index in [9.17, 15) is 14.4 Å². The van der Waals surface area contributed by atoms with Crippen molar-refractivity contribution in [2.24, 2.45) is 5.92 Å². The molecule has 2 unspecified atom stereocenters. The number of carbonyl (C=O) groups excluding carboxylic acids is 3. The molecule has 2 aliphatic heterocycles. The summed E-state index contributed by atoms with van der Waals surface area (Å²) >= 11 is 12.6. The molecule has 2 aliphatic rings. The molecule has 0 saturated carbocycles. The zero-order valence-corrected chi connectivity index (χ0v) is 30.0. The maximum absolute atomic E-state index is 13.2. The molecule has 9 nitrogen and oxygen atoms in total. The van der Waals surface area contributed by atoms with Crippen LogP contribution >= 0.6 is 23.2 Å². The molecule has 0 aromatic heterocycles. The molecule has 4 rings (SSSR count). The van der Waals surface area contributed by atoms with Crippen molar-refractivity contribution >= 4 is 52.4 Å². The van der Waals surface area contributed by atoms with Crippen molar-refractivity contribution in [2.45, 2.75) is 90.6 Å². The Morgan fingerprint density at radius 1 is 0.938 bits per heavy atom. The van der Waals surface area contributed by atoms with Crippen LogP contribution in [-0.4, -0.2) is 74.8 Å². The largest absolute Gasteiger partial charge is 0.494 e. The number of ether oxygens (including phenoxy) is 3. The highest BCUT2D eigenvalue weighted by atomic mass is 35.5. The van der Waals surface area contributed by atoms with Gasteiger partial charge < -0.3 is 24.4 Å². The zero-order valence-electron chi connectivity index (χ0n) is 28.4. The molecule has 48 heavy (non-hydrogen) atoms. The van der Waals surface area contributed by atoms with Crippen LogP contribution in [0, 0.1) is 5.92 Å². The summed E-state index contributed by atoms with van der Waals surface area (Å²) in [5.41, 5.74) is 2.48. The van der Waals surface area contributed by atoms with E-state index < -0.39 is 24.0 Å². The third-order valence-corrected chi connectivity index (χ3v) is 9.83. The average molecular weight is 705 g/mol. The van der Waals surface area contributed by atoms with Crippen LogP contribution in [0.4, 0.5) is 11.4 Å². The Morgan fingerprint density at radius 2 is 1.69 bits per heavy atom. The molecule has 2 atom stereocenters. The molecule has 0 radical (unpaired) electrons. The van der Waals surface area contributed by atoms with Gasteiger partial charge in [0.1, 0.15) is 5.75 Å². The molecule has 2 heterocycles. The summed E-state index contributed by atoms with van der Waals surface area (Å²) in [6.45, 7) is 9.29. The fourth-order valence-electron chi connectivity index (χ4n) is 6.26. The summed E-state index contributed by atoms with van der Waals surface area (Å²) in [6.07, 6.45) is 8.58. The van der Waals surface area contributed by atoms with Crippen molar-refractivity contribution in [2.75, 3.05) is 56.2 Å². The molecule has 1 amide bonds. The number of rotatable bonds is 19. The van der Waals surface area contributed by atoms with E-state index >= 15 is 0 Å². The number of halogens is 2. The average Bonchev–Trinajstić information content (AvgIpc) is 3.08. The normalized spacial score (nSPS) is 17.0. The Labute approximate surface area is 295 Å². The van der Waals surface area contributed by atoms with Crippen molar-refractivity contribution in [3.8, 4) is 5.75 Å². The van der Waals surface area contributed by atoms with E-state index in [0.29, 0.717) is 34.5 Å². The lowest BCUT2D eigenvalue weighted by Crippen LogP contribution is -2.46. The van der Waals surface area contributed by atoms with Gasteiger partial charge >= 0.3 is 11.9 Å². The number of fused-ring (bicyclic) bond motifs is 1. The van der Waals surface area contributed by atoms with Gasteiger partial charge in [0.05, 0.1) is 34.9 Å². The lowest BCUT2D eigenvalue weighted by atomic mass is 9.88. The Balaban J connectivity index is 1.20. The number of nitrogens with one attached hydrogen (secondary N) is 1. The number of nitrogens with zero attached hydrogens (tertiary/aromatic N) is 2. The zero-order chi connectivity index (χ0) is 34.3. The van der Waals surface area contributed by atoms with Crippen molar-refractivity contribution in [1.82, 2.24) is 4.90 Å². The minimum Gasteiger partial charge on any atom is -0.494 e. The van der Waals surface area contributed by atoms with Crippen LogP contribution in [0.15, 0.2) is 36.4 Å². The molecule has 1 N–H and O–H groups in total. The van der Waals surface area contributed by atoms with Crippen LogP contribution in [0.25, 0.3) is 0 Å². The maximum atomic E-state index is 13.2. The first-order valence-electron chi connectivity index (χ1n) is 17.6. The van der Waals surface area contributed by atoms with Gasteiger partial charge in [0, 0.05) is 44.4 Å². The number of piperazine rings is 1. The van der Waals surface area contributed by atoms with Gasteiger partial charge in [0.2, 0.25) is 12.0 Å². The van der Waals surface area contributed by atoms with E-state index in [4.69, 9.17) is 37.4 Å². The monoisotopic (exact) mass is 703 g/mol. The number of benzene rings is 2. The molecule has 1 saturated heterocycles. The highest BCUT2D eigenvalue weighted by Crippen LogP contribution is 2.34. The Morgan fingerprint density at radius 3 is 2.44 bits per heavy atom. The van der Waals surface area contributed by atoms with Crippen LogP contribution in [0.2, 0.25) is 10.0 Å². The molecule has 264 valence electrons. The third-order valence-electron chi connectivity index (χ3n) is 9.02. The van der Waals surface area contributed by atoms with Crippen molar-refractivity contribution in [1.29, 1.82) is 0 Å². The van der Waals surface area contributed by atoms with Gasteiger partial charge in [-0.15, -0.1) is 0 Å². The molecule has 0 spiro atoms. The Hall–Kier alpha value is -3.01. The summed E-state index contributed by atoms with van der Waals surface area (Å²) in [5.74, 6) is -1.75. The molecular weight excluding hydrogens is 653 g/mol. The number of unbranched alkanes of at least 4 members (excludes halogenated alkanes) is 7. The molecular formula is C37H51Cl2N3O6. The van der Waals surface area contributed by atoms with Crippen LogP contribution in [0.5, 0.6) is 5.75 Å². The molecule has 1 fully saturated rings. The fraction of sp³-hybridized carbons (Fsp3) is 0.595. The number of anilines is 2. The SMILES string of the molecule is CCCCCCCCCC(=O)OC(C(=O)OCC)C1Cc2ccc(OCCCCN3CCN(c4cccc(Cl)c4Cl)CC3)cc2NC1=O. The lowest BCUT2D eigenvalue weighted by molar-refractivity contribution is -0.173. The van der Waals surface area contributed by atoms with E-state index in [1.54, 1.807) is 6.92 Å². The summed E-state index contributed by atoms with van der Waals surface area (Å²) in [7, 11) is 0. The highest BCUT2D eigenvalue weighted by Gasteiger charge is 2.41. The lowest BCUT2D eigenvalue weighted by Gasteiger charge is -2.36. The van der Waals surface area contributed by atoms with E-state index in [1.807, 2.05) is 36.4 Å². The molecule has 0 aliphatic carbocycles. The Bertz CT molecular complexity index is 1350. The second kappa shape index (κ2) is 19.9. The topological polar surface area (TPSA) is 97.4 Å². The minimum absolute atomic E-state index is 0.131. The first-order valence-corrected chi connectivity index (χ1v) is 18.4. The van der Waals surface area contributed by atoms with E-state index in [2.05, 4.69) is 22.0 Å². The number of hydrogen-bond donors (Lipinski definition) is 1. The summed E-state index contributed by atoms with van der Waals surface area (Å²) in [6, 6.07) is 11.3. The third kappa shape index (κ3) is 11.3. The van der Waals surface area contributed by atoms with E-state index in [1.165, 1.54) is 19.3 Å². The fourth-order valence-corrected chi connectivity index (χ4v) is 6.68. The summed E-state index contributed by atoms with van der Waals surface area (Å²) in [5, 5.41) is 4.09. The summed E-state index contributed by atoms with van der Waals surface area (Å²) < 4.78 is 16.8. The minimum atomic E-state index is -1.29. The van der Waals surface area contributed by atoms with Crippen LogP contribution in [0.1, 0.15) is 83.6 Å². The Kier molecular flexibility index (Phi) is 15.6. The number of hydrogen-bond acceptors (Lipinski definition) is 8. The number of carbonyl (C=O) groups is 3.